The van der Waals surface area contributed by atoms with Crippen LogP contribution in [0, 0.1) is 0 Å². The van der Waals surface area contributed by atoms with Crippen LogP contribution >= 0.6 is 0 Å². The minimum absolute atomic E-state index is 0.171. The van der Waals surface area contributed by atoms with Crippen molar-refractivity contribution >= 4 is 16.9 Å². The molecule has 3 aromatic rings. The number of carbonyl (C=O) groups is 1. The predicted octanol–water partition coefficient (Wildman–Crippen LogP) is 3.02. The maximum atomic E-state index is 12.2. The van der Waals surface area contributed by atoms with Gasteiger partial charge >= 0.3 is 0 Å². The van der Waals surface area contributed by atoms with Gasteiger partial charge in [-0.15, -0.1) is 0 Å². The lowest BCUT2D eigenvalue weighted by molar-refractivity contribution is 0.0936. The number of benzene rings is 2. The molecule has 1 aromatic heterocycles. The molecule has 1 atom stereocenters. The Morgan fingerprint density at radius 2 is 1.96 bits per heavy atom. The first-order valence-electron chi connectivity index (χ1n) is 8.05. The van der Waals surface area contributed by atoms with Crippen molar-refractivity contribution in [2.45, 2.75) is 12.5 Å². The van der Waals surface area contributed by atoms with Crippen molar-refractivity contribution in [3.63, 3.8) is 0 Å². The fraction of sp³-hybridized carbons (Fsp3) is 0.211. The first-order chi connectivity index (χ1) is 12.2. The number of carbonyl (C=O) groups excluding carboxylic acids is 1. The predicted molar refractivity (Wildman–Crippen MR) is 90.7 cm³/mol. The number of para-hydroxylation sites is 1. The van der Waals surface area contributed by atoms with Gasteiger partial charge in [-0.1, -0.05) is 18.2 Å². The molecule has 0 spiro atoms. The number of amides is 1. The van der Waals surface area contributed by atoms with E-state index in [1.54, 1.807) is 18.2 Å². The number of nitrogens with one attached hydrogen (secondary N) is 1. The summed E-state index contributed by atoms with van der Waals surface area (Å²) in [5.41, 5.74) is 1.23. The number of furan rings is 1. The molecule has 2 N–H and O–H groups in total. The molecule has 0 saturated heterocycles. The van der Waals surface area contributed by atoms with Crippen molar-refractivity contribution in [1.82, 2.24) is 5.32 Å². The first-order valence-corrected chi connectivity index (χ1v) is 8.05. The van der Waals surface area contributed by atoms with E-state index in [-0.39, 0.29) is 12.7 Å². The number of fused-ring (bicyclic) bond motifs is 2. The number of ether oxygens (including phenoxy) is 2. The van der Waals surface area contributed by atoms with E-state index in [2.05, 4.69) is 5.32 Å². The molecule has 1 aliphatic heterocycles. The van der Waals surface area contributed by atoms with Crippen molar-refractivity contribution in [2.75, 3.05) is 13.3 Å². The Bertz CT molecular complexity index is 884. The SMILES string of the molecule is O=C(NCC[C@@H](O)c1cc2ccccc2o1)c1ccc2c(c1)OCO2. The van der Waals surface area contributed by atoms with E-state index in [9.17, 15) is 9.90 Å². The fourth-order valence-corrected chi connectivity index (χ4v) is 2.77. The zero-order valence-corrected chi connectivity index (χ0v) is 13.4. The lowest BCUT2D eigenvalue weighted by Crippen LogP contribution is -2.25. The highest BCUT2D eigenvalue weighted by molar-refractivity contribution is 5.94. The van der Waals surface area contributed by atoms with Gasteiger partial charge in [0.15, 0.2) is 11.5 Å². The monoisotopic (exact) mass is 339 g/mol. The maximum Gasteiger partial charge on any atom is 0.251 e. The van der Waals surface area contributed by atoms with Gasteiger partial charge in [-0.25, -0.2) is 0 Å². The summed E-state index contributed by atoms with van der Waals surface area (Å²) in [6.07, 6.45) is -0.416. The third-order valence-electron chi connectivity index (χ3n) is 4.11. The summed E-state index contributed by atoms with van der Waals surface area (Å²) in [6, 6.07) is 14.4. The summed E-state index contributed by atoms with van der Waals surface area (Å²) in [5.74, 6) is 1.47. The minimum atomic E-state index is -0.774. The van der Waals surface area contributed by atoms with E-state index in [0.29, 0.717) is 35.8 Å². The average Bonchev–Trinajstić information content (AvgIpc) is 3.27. The van der Waals surface area contributed by atoms with E-state index in [4.69, 9.17) is 13.9 Å². The average molecular weight is 339 g/mol. The zero-order valence-electron chi connectivity index (χ0n) is 13.4. The van der Waals surface area contributed by atoms with Crippen molar-refractivity contribution in [1.29, 1.82) is 0 Å². The minimum Gasteiger partial charge on any atom is -0.458 e. The van der Waals surface area contributed by atoms with E-state index >= 15 is 0 Å². The number of hydrogen-bond acceptors (Lipinski definition) is 5. The Hall–Kier alpha value is -2.99. The Morgan fingerprint density at radius 3 is 2.84 bits per heavy atom. The molecule has 2 heterocycles. The highest BCUT2D eigenvalue weighted by Gasteiger charge is 2.17. The summed E-state index contributed by atoms with van der Waals surface area (Å²) in [4.78, 5) is 12.2. The van der Waals surface area contributed by atoms with Crippen molar-refractivity contribution in [3.8, 4) is 11.5 Å². The molecule has 0 aliphatic carbocycles. The molecule has 0 unspecified atom stereocenters. The molecule has 0 saturated carbocycles. The highest BCUT2D eigenvalue weighted by atomic mass is 16.7. The smallest absolute Gasteiger partial charge is 0.251 e. The molecule has 1 amide bonds. The van der Waals surface area contributed by atoms with Gasteiger partial charge in [0.05, 0.1) is 0 Å². The Morgan fingerprint density at radius 1 is 1.12 bits per heavy atom. The van der Waals surface area contributed by atoms with Gasteiger partial charge in [0, 0.05) is 17.5 Å². The number of rotatable bonds is 5. The van der Waals surface area contributed by atoms with Gasteiger partial charge in [0.25, 0.3) is 5.91 Å². The van der Waals surface area contributed by atoms with Crippen LogP contribution in [0.1, 0.15) is 28.6 Å². The molecule has 1 aliphatic rings. The van der Waals surface area contributed by atoms with Gasteiger partial charge in [-0.05, 0) is 36.8 Å². The van der Waals surface area contributed by atoms with Crippen LogP contribution in [-0.4, -0.2) is 24.4 Å². The molecule has 4 rings (SSSR count). The lowest BCUT2D eigenvalue weighted by atomic mass is 10.1. The number of hydrogen-bond donors (Lipinski definition) is 2. The molecular formula is C19H17NO5. The molecule has 0 bridgehead atoms. The van der Waals surface area contributed by atoms with Crippen LogP contribution in [0.5, 0.6) is 11.5 Å². The summed E-state index contributed by atoms with van der Waals surface area (Å²) in [7, 11) is 0. The summed E-state index contributed by atoms with van der Waals surface area (Å²) < 4.78 is 16.1. The second-order valence-corrected chi connectivity index (χ2v) is 5.82. The van der Waals surface area contributed by atoms with Crippen molar-refractivity contribution in [3.05, 3.63) is 59.9 Å². The zero-order chi connectivity index (χ0) is 17.2. The second kappa shape index (κ2) is 6.49. The molecule has 128 valence electrons. The van der Waals surface area contributed by atoms with Crippen LogP contribution < -0.4 is 14.8 Å². The molecule has 2 aromatic carbocycles. The number of aliphatic hydroxyl groups is 1. The van der Waals surface area contributed by atoms with Gasteiger partial charge in [0.2, 0.25) is 6.79 Å². The number of aliphatic hydroxyl groups excluding tert-OH is 1. The standard InChI is InChI=1S/C19H17NO5/c21-14(17-9-12-3-1-2-4-15(12)25-17)7-8-20-19(22)13-5-6-16-18(10-13)24-11-23-16/h1-6,9-10,14,21H,7-8,11H2,(H,20,22)/t14-/m1/s1. The Kier molecular flexibility index (Phi) is 4.03. The van der Waals surface area contributed by atoms with Crippen LogP contribution in [0.25, 0.3) is 11.0 Å². The van der Waals surface area contributed by atoms with E-state index in [1.807, 2.05) is 30.3 Å². The maximum absolute atomic E-state index is 12.2. The first kappa shape index (κ1) is 15.5. The van der Waals surface area contributed by atoms with Gasteiger partial charge in [-0.3, -0.25) is 4.79 Å². The molecule has 6 heteroatoms. The molecular weight excluding hydrogens is 322 g/mol. The second-order valence-electron chi connectivity index (χ2n) is 5.82. The van der Waals surface area contributed by atoms with Crippen molar-refractivity contribution < 1.29 is 23.8 Å². The van der Waals surface area contributed by atoms with E-state index < -0.39 is 6.10 Å². The summed E-state index contributed by atoms with van der Waals surface area (Å²) in [6.45, 7) is 0.496. The van der Waals surface area contributed by atoms with Crippen molar-refractivity contribution in [2.24, 2.45) is 0 Å². The molecule has 6 nitrogen and oxygen atoms in total. The summed E-state index contributed by atoms with van der Waals surface area (Å²) in [5, 5.41) is 14.0. The Labute approximate surface area is 144 Å². The third-order valence-corrected chi connectivity index (χ3v) is 4.11. The molecule has 0 radical (unpaired) electrons. The van der Waals surface area contributed by atoms with Gasteiger partial charge in [-0.2, -0.15) is 0 Å². The largest absolute Gasteiger partial charge is 0.458 e. The fourth-order valence-electron chi connectivity index (χ4n) is 2.77. The molecule has 0 fully saturated rings. The normalized spacial score (nSPS) is 13.8. The highest BCUT2D eigenvalue weighted by Crippen LogP contribution is 2.32. The van der Waals surface area contributed by atoms with E-state index in [0.717, 1.165) is 11.0 Å². The summed E-state index contributed by atoms with van der Waals surface area (Å²) >= 11 is 0. The van der Waals surface area contributed by atoms with Crippen LogP contribution in [0.2, 0.25) is 0 Å². The van der Waals surface area contributed by atoms with Crippen LogP contribution in [0.3, 0.4) is 0 Å². The third kappa shape index (κ3) is 3.16. The van der Waals surface area contributed by atoms with Gasteiger partial charge in [0.1, 0.15) is 17.4 Å². The topological polar surface area (TPSA) is 80.9 Å². The van der Waals surface area contributed by atoms with E-state index in [1.165, 1.54) is 0 Å². The van der Waals surface area contributed by atoms with Gasteiger partial charge < -0.3 is 24.3 Å². The van der Waals surface area contributed by atoms with Crippen LogP contribution in [0.4, 0.5) is 0 Å². The quantitative estimate of drug-likeness (QED) is 0.747. The molecule has 25 heavy (non-hydrogen) atoms. The Balaban J connectivity index is 1.34. The lowest BCUT2D eigenvalue weighted by Gasteiger charge is -2.09. The van der Waals surface area contributed by atoms with Crippen LogP contribution in [0.15, 0.2) is 52.9 Å². The van der Waals surface area contributed by atoms with Crippen LogP contribution in [-0.2, 0) is 0 Å².